The smallest absolute Gasteiger partial charge is 0.338 e. The van der Waals surface area contributed by atoms with Crippen molar-refractivity contribution in [3.8, 4) is 0 Å². The number of nitrogens with one attached hydrogen (secondary N) is 1. The number of hydrogen-bond donors (Lipinski definition) is 2. The second kappa shape index (κ2) is 5.97. The Kier molecular flexibility index (Phi) is 4.46. The zero-order valence-corrected chi connectivity index (χ0v) is 12.2. The van der Waals surface area contributed by atoms with E-state index in [1.165, 1.54) is 6.07 Å². The van der Waals surface area contributed by atoms with Crippen LogP contribution in [0.15, 0.2) is 12.1 Å². The molecule has 1 aromatic rings. The fraction of sp³-hybridized carbons (Fsp3) is 0.533. The summed E-state index contributed by atoms with van der Waals surface area (Å²) in [5.74, 6) is -3.92. The summed E-state index contributed by atoms with van der Waals surface area (Å²) in [6.45, 7) is 4.61. The summed E-state index contributed by atoms with van der Waals surface area (Å²) in [6, 6.07) is 2.36. The molecule has 1 saturated heterocycles. The van der Waals surface area contributed by atoms with Gasteiger partial charge in [0.2, 0.25) is 0 Å². The molecule has 2 rings (SSSR count). The molecule has 0 amide bonds. The molecule has 2 N–H and O–H groups in total. The van der Waals surface area contributed by atoms with Gasteiger partial charge < -0.3 is 15.3 Å². The van der Waals surface area contributed by atoms with Gasteiger partial charge in [-0.25, -0.2) is 13.6 Å². The van der Waals surface area contributed by atoms with Crippen LogP contribution in [0.2, 0.25) is 0 Å². The highest BCUT2D eigenvalue weighted by Crippen LogP contribution is 2.31. The molecule has 0 atom stereocenters. The third-order valence-corrected chi connectivity index (χ3v) is 4.21. The predicted molar refractivity (Wildman–Crippen MR) is 76.6 cm³/mol. The van der Waals surface area contributed by atoms with Crippen molar-refractivity contribution in [2.24, 2.45) is 5.41 Å². The first-order chi connectivity index (χ1) is 9.82. The molecule has 0 unspecified atom stereocenters. The first kappa shape index (κ1) is 15.7. The highest BCUT2D eigenvalue weighted by molar-refractivity contribution is 5.88. The Morgan fingerprint density at radius 3 is 2.52 bits per heavy atom. The Balaban J connectivity index is 2.07. The number of halogens is 2. The number of rotatable bonds is 4. The Bertz CT molecular complexity index is 541. The number of nitrogens with zero attached hydrogens (tertiary/aromatic N) is 1. The summed E-state index contributed by atoms with van der Waals surface area (Å²) in [5, 5.41) is 11.7. The molecule has 21 heavy (non-hydrogen) atoms. The molecule has 0 spiro atoms. The lowest BCUT2D eigenvalue weighted by Gasteiger charge is -2.38. The van der Waals surface area contributed by atoms with Gasteiger partial charge in [0.25, 0.3) is 0 Å². The number of carboxylic acids is 1. The number of aromatic carboxylic acids is 1. The van der Waals surface area contributed by atoms with Gasteiger partial charge in [0, 0.05) is 6.54 Å². The number of likely N-dealkylation sites (tertiary alicyclic amines) is 1. The zero-order chi connectivity index (χ0) is 15.6. The van der Waals surface area contributed by atoms with Crippen LogP contribution in [-0.4, -0.2) is 42.7 Å². The molecule has 6 heteroatoms. The molecular weight excluding hydrogens is 278 g/mol. The maximum atomic E-state index is 13.9. The minimum absolute atomic E-state index is 0.0117. The molecule has 0 saturated carbocycles. The van der Waals surface area contributed by atoms with Gasteiger partial charge in [0.15, 0.2) is 11.6 Å². The molecule has 0 radical (unpaired) electrons. The van der Waals surface area contributed by atoms with Gasteiger partial charge in [0.05, 0.1) is 11.3 Å². The van der Waals surface area contributed by atoms with Crippen LogP contribution in [0.4, 0.5) is 14.5 Å². The van der Waals surface area contributed by atoms with Crippen molar-refractivity contribution < 1.29 is 18.7 Å². The van der Waals surface area contributed by atoms with Gasteiger partial charge in [-0.05, 0) is 50.5 Å². The minimum Gasteiger partial charge on any atom is -0.478 e. The van der Waals surface area contributed by atoms with Gasteiger partial charge in [-0.15, -0.1) is 0 Å². The summed E-state index contributed by atoms with van der Waals surface area (Å²) in [5.41, 5.74) is -0.609. The highest BCUT2D eigenvalue weighted by atomic mass is 19.2. The number of piperidine rings is 1. The van der Waals surface area contributed by atoms with E-state index in [-0.39, 0.29) is 11.1 Å². The van der Waals surface area contributed by atoms with E-state index >= 15 is 0 Å². The average Bonchev–Trinajstić information content (AvgIpc) is 2.44. The van der Waals surface area contributed by atoms with Crippen molar-refractivity contribution >= 4 is 11.7 Å². The summed E-state index contributed by atoms with van der Waals surface area (Å²) in [6.07, 6.45) is 1.96. The molecule has 116 valence electrons. The standard InChI is InChI=1S/C15H20F2N2O2/c1-15(5-7-19(2)8-6-15)9-18-11-4-3-10(14(20)21)12(16)13(11)17/h3-4,18H,5-9H2,1-2H3,(H,20,21). The summed E-state index contributed by atoms with van der Waals surface area (Å²) < 4.78 is 27.5. The number of hydrogen-bond acceptors (Lipinski definition) is 3. The molecular formula is C15H20F2N2O2. The molecule has 1 aliphatic rings. The fourth-order valence-electron chi connectivity index (χ4n) is 2.49. The van der Waals surface area contributed by atoms with Crippen LogP contribution in [0.1, 0.15) is 30.1 Å². The highest BCUT2D eigenvalue weighted by Gasteiger charge is 2.29. The average molecular weight is 298 g/mol. The number of anilines is 1. The van der Waals surface area contributed by atoms with E-state index in [0.717, 1.165) is 32.0 Å². The van der Waals surface area contributed by atoms with E-state index in [0.29, 0.717) is 6.54 Å². The Labute approximate surface area is 122 Å². The number of benzene rings is 1. The molecule has 4 nitrogen and oxygen atoms in total. The van der Waals surface area contributed by atoms with Gasteiger partial charge in [-0.3, -0.25) is 0 Å². The van der Waals surface area contributed by atoms with E-state index in [1.807, 2.05) is 0 Å². The Morgan fingerprint density at radius 2 is 1.95 bits per heavy atom. The summed E-state index contributed by atoms with van der Waals surface area (Å²) in [7, 11) is 2.06. The van der Waals surface area contributed by atoms with Crippen molar-refractivity contribution in [1.82, 2.24) is 4.90 Å². The van der Waals surface area contributed by atoms with Gasteiger partial charge in [-0.1, -0.05) is 6.92 Å². The van der Waals surface area contributed by atoms with Crippen molar-refractivity contribution in [1.29, 1.82) is 0 Å². The topological polar surface area (TPSA) is 52.6 Å². The molecule has 1 heterocycles. The third kappa shape index (κ3) is 3.50. The number of carbonyl (C=O) groups is 1. The molecule has 1 aliphatic heterocycles. The lowest BCUT2D eigenvalue weighted by molar-refractivity contribution is 0.0690. The van der Waals surface area contributed by atoms with Crippen LogP contribution >= 0.6 is 0 Å². The monoisotopic (exact) mass is 298 g/mol. The maximum Gasteiger partial charge on any atom is 0.338 e. The molecule has 0 aromatic heterocycles. The number of carboxylic acid groups (broad SMARTS) is 1. The van der Waals surface area contributed by atoms with Crippen LogP contribution in [0.25, 0.3) is 0 Å². The van der Waals surface area contributed by atoms with Gasteiger partial charge in [-0.2, -0.15) is 0 Å². The largest absolute Gasteiger partial charge is 0.478 e. The first-order valence-corrected chi connectivity index (χ1v) is 6.96. The van der Waals surface area contributed by atoms with Crippen LogP contribution in [0.5, 0.6) is 0 Å². The molecule has 1 fully saturated rings. The SMILES string of the molecule is CN1CCC(C)(CNc2ccc(C(=O)O)c(F)c2F)CC1. The molecule has 1 aromatic carbocycles. The van der Waals surface area contributed by atoms with Crippen LogP contribution < -0.4 is 5.32 Å². The molecule has 0 aliphatic carbocycles. The van der Waals surface area contributed by atoms with E-state index in [9.17, 15) is 13.6 Å². The first-order valence-electron chi connectivity index (χ1n) is 6.96. The summed E-state index contributed by atoms with van der Waals surface area (Å²) in [4.78, 5) is 13.0. The van der Waals surface area contributed by atoms with Gasteiger partial charge >= 0.3 is 5.97 Å². The predicted octanol–water partition coefficient (Wildman–Crippen LogP) is 2.81. The van der Waals surface area contributed by atoms with Crippen molar-refractivity contribution in [2.45, 2.75) is 19.8 Å². The minimum atomic E-state index is -1.47. The van der Waals surface area contributed by atoms with E-state index in [1.54, 1.807) is 0 Å². The van der Waals surface area contributed by atoms with Crippen LogP contribution in [-0.2, 0) is 0 Å². The van der Waals surface area contributed by atoms with E-state index < -0.39 is 23.2 Å². The lowest BCUT2D eigenvalue weighted by Crippen LogP contribution is -2.40. The van der Waals surface area contributed by atoms with Crippen molar-refractivity contribution in [3.05, 3.63) is 29.3 Å². The Hall–Kier alpha value is -1.69. The normalized spacial score (nSPS) is 18.5. The quantitative estimate of drug-likeness (QED) is 0.897. The van der Waals surface area contributed by atoms with Crippen LogP contribution in [0, 0.1) is 17.0 Å². The Morgan fingerprint density at radius 1 is 1.33 bits per heavy atom. The maximum absolute atomic E-state index is 13.9. The van der Waals surface area contributed by atoms with E-state index in [2.05, 4.69) is 24.2 Å². The second-order valence-corrected chi connectivity index (χ2v) is 6.06. The van der Waals surface area contributed by atoms with Crippen LogP contribution in [0.3, 0.4) is 0 Å². The van der Waals surface area contributed by atoms with Gasteiger partial charge in [0.1, 0.15) is 0 Å². The fourth-order valence-corrected chi connectivity index (χ4v) is 2.49. The third-order valence-electron chi connectivity index (χ3n) is 4.21. The lowest BCUT2D eigenvalue weighted by atomic mass is 9.80. The summed E-state index contributed by atoms with van der Waals surface area (Å²) >= 11 is 0. The zero-order valence-electron chi connectivity index (χ0n) is 12.2. The van der Waals surface area contributed by atoms with Crippen molar-refractivity contribution in [3.63, 3.8) is 0 Å². The second-order valence-electron chi connectivity index (χ2n) is 6.06. The molecule has 0 bridgehead atoms. The van der Waals surface area contributed by atoms with E-state index in [4.69, 9.17) is 5.11 Å². The van der Waals surface area contributed by atoms with Crippen molar-refractivity contribution in [2.75, 3.05) is 32.0 Å².